The number of benzene rings is 1. The van der Waals surface area contributed by atoms with Crippen LogP contribution in [0.2, 0.25) is 0 Å². The minimum absolute atomic E-state index is 0.0847. The number of ether oxygens (including phenoxy) is 2. The summed E-state index contributed by atoms with van der Waals surface area (Å²) in [6.45, 7) is 2.80. The van der Waals surface area contributed by atoms with Crippen LogP contribution in [0.1, 0.15) is 30.4 Å². The Hall–Kier alpha value is -1.32. The fraction of sp³-hybridized carbons (Fsp3) is 0.467. The van der Waals surface area contributed by atoms with Gasteiger partial charge in [0.25, 0.3) is 0 Å². The highest BCUT2D eigenvalue weighted by Crippen LogP contribution is 2.47. The number of nitrogens with two attached hydrogens (primary N) is 1. The summed E-state index contributed by atoms with van der Waals surface area (Å²) in [5, 5.41) is 0. The first-order valence-corrected chi connectivity index (χ1v) is 6.42. The summed E-state index contributed by atoms with van der Waals surface area (Å²) in [5.74, 6) is 1.28. The lowest BCUT2D eigenvalue weighted by molar-refractivity contribution is 0.175. The molecule has 0 radical (unpaired) electrons. The first-order valence-electron chi connectivity index (χ1n) is 6.42. The number of methoxy groups -OCH3 is 1. The van der Waals surface area contributed by atoms with Crippen LogP contribution < -0.4 is 10.5 Å². The summed E-state index contributed by atoms with van der Waals surface area (Å²) >= 11 is 0. The summed E-state index contributed by atoms with van der Waals surface area (Å²) in [5.41, 5.74) is 10.0. The second-order valence-corrected chi connectivity index (χ2v) is 5.17. The van der Waals surface area contributed by atoms with Gasteiger partial charge in [0, 0.05) is 24.6 Å². The van der Waals surface area contributed by atoms with Crippen molar-refractivity contribution < 1.29 is 9.47 Å². The van der Waals surface area contributed by atoms with E-state index in [9.17, 15) is 0 Å². The van der Waals surface area contributed by atoms with Crippen molar-refractivity contribution in [2.75, 3.05) is 7.11 Å². The molecule has 1 aliphatic heterocycles. The second-order valence-electron chi connectivity index (χ2n) is 5.17. The van der Waals surface area contributed by atoms with Crippen LogP contribution in [-0.4, -0.2) is 19.3 Å². The zero-order valence-corrected chi connectivity index (χ0v) is 10.8. The van der Waals surface area contributed by atoms with Gasteiger partial charge >= 0.3 is 0 Å². The van der Waals surface area contributed by atoms with E-state index in [-0.39, 0.29) is 12.1 Å². The lowest BCUT2D eigenvalue weighted by Crippen LogP contribution is -2.42. The zero-order chi connectivity index (χ0) is 12.7. The van der Waals surface area contributed by atoms with Gasteiger partial charge in [-0.3, -0.25) is 0 Å². The molecular formula is C15H19NO2. The molecule has 3 rings (SSSR count). The van der Waals surface area contributed by atoms with E-state index >= 15 is 0 Å². The summed E-state index contributed by atoms with van der Waals surface area (Å²) in [6.07, 6.45) is 3.23. The summed E-state index contributed by atoms with van der Waals surface area (Å²) < 4.78 is 11.3. The highest BCUT2D eigenvalue weighted by molar-refractivity contribution is 5.51. The first kappa shape index (κ1) is 11.8. The molecule has 0 spiro atoms. The summed E-state index contributed by atoms with van der Waals surface area (Å²) in [7, 11) is 1.72. The number of hydrogen-bond acceptors (Lipinski definition) is 3. The maximum absolute atomic E-state index is 6.18. The van der Waals surface area contributed by atoms with Crippen LogP contribution in [0, 0.1) is 0 Å². The molecule has 0 aromatic heterocycles. The topological polar surface area (TPSA) is 44.5 Å². The molecule has 3 heteroatoms. The molecule has 0 saturated heterocycles. The highest BCUT2D eigenvalue weighted by atomic mass is 16.5. The average molecular weight is 245 g/mol. The Labute approximate surface area is 108 Å². The molecule has 1 aromatic carbocycles. The predicted octanol–water partition coefficient (Wildman–Crippen LogP) is 2.35. The van der Waals surface area contributed by atoms with Crippen LogP contribution in [0.3, 0.4) is 0 Å². The van der Waals surface area contributed by atoms with Crippen molar-refractivity contribution in [2.24, 2.45) is 5.73 Å². The molecule has 2 N–H and O–H groups in total. The molecule has 1 aliphatic carbocycles. The van der Waals surface area contributed by atoms with E-state index < -0.39 is 0 Å². The van der Waals surface area contributed by atoms with E-state index in [4.69, 9.17) is 15.2 Å². The Morgan fingerprint density at radius 2 is 2.28 bits per heavy atom. The Bertz CT molecular complexity index is 495. The molecule has 0 saturated carbocycles. The lowest BCUT2D eigenvalue weighted by Gasteiger charge is -2.29. The monoisotopic (exact) mass is 245 g/mol. The van der Waals surface area contributed by atoms with Crippen LogP contribution >= 0.6 is 0 Å². The normalized spacial score (nSPS) is 29.3. The third-order valence-corrected chi connectivity index (χ3v) is 3.98. The van der Waals surface area contributed by atoms with Gasteiger partial charge in [-0.15, -0.1) is 0 Å². The van der Waals surface area contributed by atoms with Gasteiger partial charge in [0.15, 0.2) is 0 Å². The summed E-state index contributed by atoms with van der Waals surface area (Å²) in [4.78, 5) is 0. The fourth-order valence-electron chi connectivity index (χ4n) is 3.11. The SMILES string of the molecule is COCc1cccc2c1C1C(C)=CCC(N)C1O2. The molecule has 3 atom stereocenters. The largest absolute Gasteiger partial charge is 0.487 e. The van der Waals surface area contributed by atoms with Gasteiger partial charge in [0.05, 0.1) is 6.61 Å². The average Bonchev–Trinajstić information content (AvgIpc) is 2.76. The second kappa shape index (κ2) is 4.41. The minimum atomic E-state index is 0.0847. The summed E-state index contributed by atoms with van der Waals surface area (Å²) in [6, 6.07) is 6.25. The van der Waals surface area contributed by atoms with Gasteiger partial charge in [0.2, 0.25) is 0 Å². The van der Waals surface area contributed by atoms with Gasteiger partial charge < -0.3 is 15.2 Å². The van der Waals surface area contributed by atoms with Crippen molar-refractivity contribution in [3.63, 3.8) is 0 Å². The van der Waals surface area contributed by atoms with Gasteiger partial charge in [-0.1, -0.05) is 23.8 Å². The van der Waals surface area contributed by atoms with Crippen molar-refractivity contribution in [2.45, 2.75) is 38.0 Å². The molecule has 18 heavy (non-hydrogen) atoms. The number of hydrogen-bond donors (Lipinski definition) is 1. The Balaban J connectivity index is 2.09. The van der Waals surface area contributed by atoms with Crippen LogP contribution in [0.5, 0.6) is 5.75 Å². The molecule has 2 aliphatic rings. The first-order chi connectivity index (χ1) is 8.72. The van der Waals surface area contributed by atoms with Crippen LogP contribution in [-0.2, 0) is 11.3 Å². The fourth-order valence-corrected chi connectivity index (χ4v) is 3.11. The number of rotatable bonds is 2. The van der Waals surface area contributed by atoms with Gasteiger partial charge in [-0.2, -0.15) is 0 Å². The van der Waals surface area contributed by atoms with Crippen molar-refractivity contribution >= 4 is 0 Å². The van der Waals surface area contributed by atoms with Gasteiger partial charge in [-0.05, 0) is 25.0 Å². The Kier molecular flexibility index (Phi) is 2.88. The smallest absolute Gasteiger partial charge is 0.125 e. The van der Waals surface area contributed by atoms with E-state index in [2.05, 4.69) is 19.1 Å². The maximum atomic E-state index is 6.18. The quantitative estimate of drug-likeness (QED) is 0.813. The lowest BCUT2D eigenvalue weighted by atomic mass is 9.79. The molecule has 0 bridgehead atoms. The molecular weight excluding hydrogens is 226 g/mol. The van der Waals surface area contributed by atoms with Crippen molar-refractivity contribution in [1.82, 2.24) is 0 Å². The van der Waals surface area contributed by atoms with Crippen molar-refractivity contribution in [3.8, 4) is 5.75 Å². The van der Waals surface area contributed by atoms with E-state index in [1.165, 1.54) is 16.7 Å². The molecule has 3 unspecified atom stereocenters. The van der Waals surface area contributed by atoms with E-state index in [0.717, 1.165) is 12.2 Å². The molecule has 1 aromatic rings. The highest BCUT2D eigenvalue weighted by Gasteiger charge is 2.42. The zero-order valence-electron chi connectivity index (χ0n) is 10.8. The predicted molar refractivity (Wildman–Crippen MR) is 70.7 cm³/mol. The van der Waals surface area contributed by atoms with E-state index in [1.807, 2.05) is 12.1 Å². The minimum Gasteiger partial charge on any atom is -0.487 e. The molecule has 3 nitrogen and oxygen atoms in total. The third-order valence-electron chi connectivity index (χ3n) is 3.98. The third kappa shape index (κ3) is 1.66. The van der Waals surface area contributed by atoms with Gasteiger partial charge in [-0.25, -0.2) is 0 Å². The Morgan fingerprint density at radius 3 is 3.06 bits per heavy atom. The molecule has 0 amide bonds. The van der Waals surface area contributed by atoms with Crippen molar-refractivity contribution in [3.05, 3.63) is 41.0 Å². The van der Waals surface area contributed by atoms with Gasteiger partial charge in [0.1, 0.15) is 11.9 Å². The standard InChI is InChI=1S/C15H19NO2/c1-9-6-7-11(16)15-13(9)14-10(8-17-2)4-3-5-12(14)18-15/h3-6,11,13,15H,7-8,16H2,1-2H3. The number of fused-ring (bicyclic) bond motifs is 3. The van der Waals surface area contributed by atoms with Crippen LogP contribution in [0.4, 0.5) is 0 Å². The van der Waals surface area contributed by atoms with E-state index in [0.29, 0.717) is 12.5 Å². The van der Waals surface area contributed by atoms with Crippen LogP contribution in [0.25, 0.3) is 0 Å². The molecule has 0 fully saturated rings. The Morgan fingerprint density at radius 1 is 1.44 bits per heavy atom. The van der Waals surface area contributed by atoms with E-state index in [1.54, 1.807) is 7.11 Å². The maximum Gasteiger partial charge on any atom is 0.125 e. The molecule has 1 heterocycles. The molecule has 96 valence electrons. The van der Waals surface area contributed by atoms with Crippen LogP contribution in [0.15, 0.2) is 29.8 Å². The van der Waals surface area contributed by atoms with Crippen molar-refractivity contribution in [1.29, 1.82) is 0 Å².